The number of carbonyl (C=O) groups is 1. The first kappa shape index (κ1) is 14.7. The molecule has 0 spiro atoms. The average Bonchev–Trinajstić information content (AvgIpc) is 2.53. The number of Topliss-reactive ketones (excluding diaryl/α,β-unsaturated/α-hetero) is 1. The number of para-hydroxylation sites is 1. The summed E-state index contributed by atoms with van der Waals surface area (Å²) in [5.74, 6) is -0.493. The zero-order valence-corrected chi connectivity index (χ0v) is 11.9. The molecule has 0 fully saturated rings. The van der Waals surface area contributed by atoms with E-state index in [0.29, 0.717) is 16.8 Å². The number of halogens is 1. The second kappa shape index (κ2) is 6.19. The van der Waals surface area contributed by atoms with E-state index in [-0.39, 0.29) is 11.6 Å². The maximum Gasteiger partial charge on any atom is 0.184 e. The number of anilines is 1. The minimum atomic E-state index is -0.454. The van der Waals surface area contributed by atoms with Crippen molar-refractivity contribution >= 4 is 11.5 Å². The average molecular weight is 282 g/mol. The van der Waals surface area contributed by atoms with E-state index in [4.69, 9.17) is 5.26 Å². The van der Waals surface area contributed by atoms with Crippen LogP contribution >= 0.6 is 0 Å². The fourth-order valence-corrected chi connectivity index (χ4v) is 2.12. The van der Waals surface area contributed by atoms with Gasteiger partial charge in [-0.25, -0.2) is 4.39 Å². The van der Waals surface area contributed by atoms with Crippen LogP contribution in [-0.2, 0) is 0 Å². The summed E-state index contributed by atoms with van der Waals surface area (Å²) in [4.78, 5) is 14.2. The molecule has 0 aliphatic heterocycles. The molecule has 2 aromatic carbocycles. The van der Waals surface area contributed by atoms with Gasteiger partial charge in [-0.05, 0) is 43.3 Å². The first-order chi connectivity index (χ1) is 10.0. The number of likely N-dealkylation sites (N-methyl/N-ethyl adjacent to an activating group) is 1. The number of benzene rings is 2. The molecule has 3 nitrogen and oxygen atoms in total. The van der Waals surface area contributed by atoms with Gasteiger partial charge in [-0.1, -0.05) is 12.1 Å². The topological polar surface area (TPSA) is 44.1 Å². The first-order valence-electron chi connectivity index (χ1n) is 6.56. The Kier molecular flexibility index (Phi) is 4.34. The lowest BCUT2D eigenvalue weighted by molar-refractivity contribution is 0.0966. The fourth-order valence-electron chi connectivity index (χ4n) is 2.12. The Bertz CT molecular complexity index is 689. The molecule has 2 rings (SSSR count). The van der Waals surface area contributed by atoms with E-state index in [1.807, 2.05) is 6.07 Å². The number of hydrogen-bond donors (Lipinski definition) is 0. The minimum Gasteiger partial charge on any atom is -0.363 e. The highest BCUT2D eigenvalue weighted by atomic mass is 19.1. The van der Waals surface area contributed by atoms with Gasteiger partial charge < -0.3 is 4.90 Å². The molecule has 21 heavy (non-hydrogen) atoms. The molecule has 0 bridgehead atoms. The highest BCUT2D eigenvalue weighted by Gasteiger charge is 2.21. The normalized spacial score (nSPS) is 11.5. The van der Waals surface area contributed by atoms with Crippen LogP contribution in [0.15, 0.2) is 48.5 Å². The van der Waals surface area contributed by atoms with Gasteiger partial charge in [0, 0.05) is 12.6 Å². The lowest BCUT2D eigenvalue weighted by atomic mass is 10.0. The van der Waals surface area contributed by atoms with Gasteiger partial charge in [0.05, 0.1) is 17.3 Å². The summed E-state index contributed by atoms with van der Waals surface area (Å²) in [5.41, 5.74) is 1.66. The van der Waals surface area contributed by atoms with Crippen molar-refractivity contribution in [2.45, 2.75) is 13.0 Å². The van der Waals surface area contributed by atoms with Gasteiger partial charge in [0.15, 0.2) is 5.78 Å². The summed E-state index contributed by atoms with van der Waals surface area (Å²) in [6.45, 7) is 1.76. The van der Waals surface area contributed by atoms with E-state index in [1.165, 1.54) is 24.3 Å². The Morgan fingerprint density at radius 1 is 1.19 bits per heavy atom. The largest absolute Gasteiger partial charge is 0.363 e. The van der Waals surface area contributed by atoms with Crippen LogP contribution < -0.4 is 4.90 Å². The van der Waals surface area contributed by atoms with Crippen molar-refractivity contribution in [1.29, 1.82) is 5.26 Å². The van der Waals surface area contributed by atoms with Gasteiger partial charge in [0.1, 0.15) is 11.9 Å². The predicted molar refractivity (Wildman–Crippen MR) is 79.8 cm³/mol. The molecule has 1 atom stereocenters. The van der Waals surface area contributed by atoms with Crippen LogP contribution in [0, 0.1) is 17.1 Å². The summed E-state index contributed by atoms with van der Waals surface area (Å²) in [7, 11) is 1.77. The van der Waals surface area contributed by atoms with Crippen molar-refractivity contribution in [3.05, 3.63) is 65.5 Å². The molecular formula is C17H15FN2O. The van der Waals surface area contributed by atoms with E-state index in [1.54, 1.807) is 37.1 Å². The summed E-state index contributed by atoms with van der Waals surface area (Å²) in [5, 5.41) is 9.13. The molecule has 0 radical (unpaired) electrons. The highest BCUT2D eigenvalue weighted by molar-refractivity contribution is 6.01. The van der Waals surface area contributed by atoms with Gasteiger partial charge >= 0.3 is 0 Å². The summed E-state index contributed by atoms with van der Waals surface area (Å²) < 4.78 is 12.9. The van der Waals surface area contributed by atoms with Gasteiger partial charge in [-0.2, -0.15) is 5.26 Å². The third-order valence-electron chi connectivity index (χ3n) is 3.49. The Balaban J connectivity index is 2.27. The quantitative estimate of drug-likeness (QED) is 0.807. The van der Waals surface area contributed by atoms with Crippen LogP contribution in [0.5, 0.6) is 0 Å². The summed E-state index contributed by atoms with van der Waals surface area (Å²) >= 11 is 0. The molecule has 0 heterocycles. The lowest BCUT2D eigenvalue weighted by Gasteiger charge is -2.26. The highest BCUT2D eigenvalue weighted by Crippen LogP contribution is 2.21. The third kappa shape index (κ3) is 3.09. The zero-order chi connectivity index (χ0) is 15.4. The molecule has 1 unspecified atom stereocenters. The van der Waals surface area contributed by atoms with Crippen LogP contribution in [0.1, 0.15) is 22.8 Å². The number of nitriles is 1. The molecule has 0 saturated carbocycles. The molecule has 2 aromatic rings. The van der Waals surface area contributed by atoms with E-state index >= 15 is 0 Å². The molecular weight excluding hydrogens is 267 g/mol. The zero-order valence-electron chi connectivity index (χ0n) is 11.9. The minimum absolute atomic E-state index is 0.120. The van der Waals surface area contributed by atoms with E-state index in [0.717, 1.165) is 0 Å². The summed E-state index contributed by atoms with van der Waals surface area (Å²) in [6.07, 6.45) is 0. The summed E-state index contributed by atoms with van der Waals surface area (Å²) in [6, 6.07) is 14.2. The smallest absolute Gasteiger partial charge is 0.184 e. The van der Waals surface area contributed by atoms with E-state index < -0.39 is 6.04 Å². The van der Waals surface area contributed by atoms with Crippen LogP contribution in [0.4, 0.5) is 10.1 Å². The number of ketones is 1. The Labute approximate surface area is 123 Å². The maximum atomic E-state index is 12.9. The van der Waals surface area contributed by atoms with Crippen LogP contribution in [-0.4, -0.2) is 18.9 Å². The Morgan fingerprint density at radius 2 is 1.81 bits per heavy atom. The number of carbonyl (C=O) groups excluding carboxylic acids is 1. The van der Waals surface area contributed by atoms with Gasteiger partial charge in [0.25, 0.3) is 0 Å². The first-order valence-corrected chi connectivity index (χ1v) is 6.56. The third-order valence-corrected chi connectivity index (χ3v) is 3.49. The Hall–Kier alpha value is -2.67. The standard InChI is InChI=1S/C17H15FN2O/c1-12(17(21)13-7-9-15(18)10-8-13)20(2)16-6-4-3-5-14(16)11-19/h3-10,12H,1-2H3. The number of hydrogen-bond acceptors (Lipinski definition) is 3. The van der Waals surface area contributed by atoms with Gasteiger partial charge in [-0.3, -0.25) is 4.79 Å². The van der Waals surface area contributed by atoms with Crippen molar-refractivity contribution in [2.75, 3.05) is 11.9 Å². The van der Waals surface area contributed by atoms with Crippen LogP contribution in [0.25, 0.3) is 0 Å². The van der Waals surface area contributed by atoms with Crippen molar-refractivity contribution in [2.24, 2.45) is 0 Å². The monoisotopic (exact) mass is 282 g/mol. The van der Waals surface area contributed by atoms with E-state index in [9.17, 15) is 9.18 Å². The van der Waals surface area contributed by atoms with Crippen molar-refractivity contribution in [1.82, 2.24) is 0 Å². The molecule has 106 valence electrons. The Morgan fingerprint density at radius 3 is 2.43 bits per heavy atom. The maximum absolute atomic E-state index is 12.9. The lowest BCUT2D eigenvalue weighted by Crippen LogP contribution is -2.36. The number of nitrogens with zero attached hydrogens (tertiary/aromatic N) is 2. The fraction of sp³-hybridized carbons (Fsp3) is 0.176. The molecule has 0 aliphatic carbocycles. The van der Waals surface area contributed by atoms with Crippen molar-refractivity contribution in [3.8, 4) is 6.07 Å². The second-order valence-electron chi connectivity index (χ2n) is 4.79. The van der Waals surface area contributed by atoms with Gasteiger partial charge in [-0.15, -0.1) is 0 Å². The van der Waals surface area contributed by atoms with Crippen LogP contribution in [0.2, 0.25) is 0 Å². The van der Waals surface area contributed by atoms with Crippen LogP contribution in [0.3, 0.4) is 0 Å². The second-order valence-corrected chi connectivity index (χ2v) is 4.79. The molecule has 0 aliphatic rings. The molecule has 4 heteroatoms. The van der Waals surface area contributed by atoms with Crippen molar-refractivity contribution < 1.29 is 9.18 Å². The van der Waals surface area contributed by atoms with E-state index in [2.05, 4.69) is 6.07 Å². The van der Waals surface area contributed by atoms with Crippen molar-refractivity contribution in [3.63, 3.8) is 0 Å². The molecule has 0 aromatic heterocycles. The van der Waals surface area contributed by atoms with Gasteiger partial charge in [0.2, 0.25) is 0 Å². The molecule has 0 saturated heterocycles. The number of rotatable bonds is 4. The predicted octanol–water partition coefficient (Wildman–Crippen LogP) is 3.40. The molecule has 0 N–H and O–H groups in total. The SMILES string of the molecule is CC(C(=O)c1ccc(F)cc1)N(C)c1ccccc1C#N. The molecule has 0 amide bonds.